The highest BCUT2D eigenvalue weighted by Gasteiger charge is 2.15. The zero-order valence-electron chi connectivity index (χ0n) is 7.92. The maximum atomic E-state index is 10.7. The summed E-state index contributed by atoms with van der Waals surface area (Å²) in [5.41, 5.74) is 0.798. The molecule has 0 aliphatic heterocycles. The quantitative estimate of drug-likeness (QED) is 0.542. The average Bonchev–Trinajstić information content (AvgIpc) is 2.27. The van der Waals surface area contributed by atoms with Crippen LogP contribution in [0.5, 0.6) is 0 Å². The molecule has 0 bridgehead atoms. The number of hydrogen-bond donors (Lipinski definition) is 2. The molecule has 2 N–H and O–H groups in total. The fourth-order valence-corrected chi connectivity index (χ4v) is 1.65. The zero-order chi connectivity index (χ0) is 10.8. The lowest BCUT2D eigenvalue weighted by Gasteiger charge is -2.06. The van der Waals surface area contributed by atoms with Crippen LogP contribution in [0.1, 0.15) is 10.4 Å². The third-order valence-electron chi connectivity index (χ3n) is 2.33. The van der Waals surface area contributed by atoms with Gasteiger partial charge in [-0.3, -0.25) is 4.79 Å². The molecule has 0 radical (unpaired) electrons. The van der Waals surface area contributed by atoms with E-state index in [4.69, 9.17) is 0 Å². The number of benzene rings is 2. The maximum Gasteiger partial charge on any atom is 0.489 e. The molecule has 0 amide bonds. The number of rotatable bonds is 2. The van der Waals surface area contributed by atoms with Crippen LogP contribution in [0.2, 0.25) is 0 Å². The van der Waals surface area contributed by atoms with Gasteiger partial charge in [0.25, 0.3) is 0 Å². The first-order valence-electron chi connectivity index (χ1n) is 4.56. The molecule has 0 aromatic heterocycles. The van der Waals surface area contributed by atoms with Crippen molar-refractivity contribution in [2.75, 3.05) is 0 Å². The molecule has 0 spiro atoms. The van der Waals surface area contributed by atoms with Crippen LogP contribution in [0.3, 0.4) is 0 Å². The third-order valence-corrected chi connectivity index (χ3v) is 2.33. The third kappa shape index (κ3) is 1.77. The van der Waals surface area contributed by atoms with Gasteiger partial charge in [-0.15, -0.1) is 0 Å². The summed E-state index contributed by atoms with van der Waals surface area (Å²) >= 11 is 0. The average molecular weight is 200 g/mol. The van der Waals surface area contributed by atoms with Gasteiger partial charge in [-0.1, -0.05) is 30.3 Å². The van der Waals surface area contributed by atoms with Crippen molar-refractivity contribution in [3.05, 3.63) is 42.0 Å². The minimum Gasteiger partial charge on any atom is -0.423 e. The Morgan fingerprint density at radius 3 is 2.53 bits per heavy atom. The summed E-state index contributed by atoms with van der Waals surface area (Å²) in [6.45, 7) is 0. The van der Waals surface area contributed by atoms with E-state index in [2.05, 4.69) is 0 Å². The molecule has 2 aromatic rings. The molecule has 2 rings (SSSR count). The predicted octanol–water partition coefficient (Wildman–Crippen LogP) is 0.332. The van der Waals surface area contributed by atoms with Gasteiger partial charge in [0.1, 0.15) is 6.29 Å². The van der Waals surface area contributed by atoms with Crippen molar-refractivity contribution in [1.82, 2.24) is 0 Å². The molecule has 15 heavy (non-hydrogen) atoms. The Balaban J connectivity index is 2.80. The minimum absolute atomic E-state index is 0.357. The van der Waals surface area contributed by atoms with Crippen LogP contribution >= 0.6 is 0 Å². The molecule has 74 valence electrons. The van der Waals surface area contributed by atoms with Crippen molar-refractivity contribution in [2.24, 2.45) is 0 Å². The molecule has 0 saturated heterocycles. The normalized spacial score (nSPS) is 10.3. The van der Waals surface area contributed by atoms with E-state index in [1.165, 1.54) is 6.07 Å². The van der Waals surface area contributed by atoms with Crippen LogP contribution < -0.4 is 5.46 Å². The fraction of sp³-hybridized carbons (Fsp3) is 0. The molecule has 0 atom stereocenters. The van der Waals surface area contributed by atoms with Gasteiger partial charge in [-0.2, -0.15) is 0 Å². The Kier molecular flexibility index (Phi) is 2.54. The van der Waals surface area contributed by atoms with Gasteiger partial charge < -0.3 is 10.0 Å². The van der Waals surface area contributed by atoms with Crippen LogP contribution in [-0.4, -0.2) is 23.5 Å². The van der Waals surface area contributed by atoms with E-state index in [9.17, 15) is 14.8 Å². The molecule has 0 fully saturated rings. The number of fused-ring (bicyclic) bond motifs is 1. The summed E-state index contributed by atoms with van der Waals surface area (Å²) in [5, 5.41) is 19.9. The number of carbonyl (C=O) groups is 1. The number of carbonyl (C=O) groups excluding carboxylic acids is 1. The van der Waals surface area contributed by atoms with Crippen molar-refractivity contribution < 1.29 is 14.8 Å². The molecule has 0 heterocycles. The summed E-state index contributed by atoms with van der Waals surface area (Å²) < 4.78 is 0. The maximum absolute atomic E-state index is 10.7. The Bertz CT molecular complexity index is 508. The van der Waals surface area contributed by atoms with E-state index in [1.807, 2.05) is 18.2 Å². The van der Waals surface area contributed by atoms with Gasteiger partial charge in [-0.05, 0) is 22.3 Å². The zero-order valence-corrected chi connectivity index (χ0v) is 7.92. The SMILES string of the molecule is O=Cc1cc(B(O)O)c2ccccc2c1. The lowest BCUT2D eigenvalue weighted by Crippen LogP contribution is -2.30. The van der Waals surface area contributed by atoms with Crippen molar-refractivity contribution in [3.63, 3.8) is 0 Å². The highest BCUT2D eigenvalue weighted by molar-refractivity contribution is 6.62. The number of hydrogen-bond acceptors (Lipinski definition) is 3. The highest BCUT2D eigenvalue weighted by Crippen LogP contribution is 2.13. The standard InChI is InChI=1S/C11H9BO3/c13-7-8-5-9-3-1-2-4-10(9)11(6-8)12(14)15/h1-7,14-15H. The Morgan fingerprint density at radius 1 is 1.13 bits per heavy atom. The minimum atomic E-state index is -1.56. The van der Waals surface area contributed by atoms with Crippen LogP contribution in [0.25, 0.3) is 10.8 Å². The second-order valence-electron chi connectivity index (χ2n) is 3.32. The smallest absolute Gasteiger partial charge is 0.423 e. The lowest BCUT2D eigenvalue weighted by molar-refractivity contribution is 0.112. The lowest BCUT2D eigenvalue weighted by atomic mass is 9.76. The molecule has 3 nitrogen and oxygen atoms in total. The van der Waals surface area contributed by atoms with E-state index in [0.717, 1.165) is 10.8 Å². The van der Waals surface area contributed by atoms with Crippen LogP contribution in [0, 0.1) is 0 Å². The van der Waals surface area contributed by atoms with Crippen LogP contribution in [-0.2, 0) is 0 Å². The van der Waals surface area contributed by atoms with Gasteiger partial charge in [0.15, 0.2) is 0 Å². The summed E-state index contributed by atoms with van der Waals surface area (Å²) in [7, 11) is -1.56. The molecule has 0 unspecified atom stereocenters. The highest BCUT2D eigenvalue weighted by atomic mass is 16.4. The fourth-order valence-electron chi connectivity index (χ4n) is 1.65. The van der Waals surface area contributed by atoms with Gasteiger partial charge in [0.2, 0.25) is 0 Å². The summed E-state index contributed by atoms with van der Waals surface area (Å²) in [4.78, 5) is 10.7. The number of aldehydes is 1. The molecular weight excluding hydrogens is 191 g/mol. The Hall–Kier alpha value is -1.65. The van der Waals surface area contributed by atoms with E-state index < -0.39 is 7.12 Å². The van der Waals surface area contributed by atoms with Crippen molar-refractivity contribution in [2.45, 2.75) is 0 Å². The van der Waals surface area contributed by atoms with E-state index in [0.29, 0.717) is 17.3 Å². The Labute approximate surface area is 87.1 Å². The molecule has 0 aliphatic carbocycles. The first-order chi connectivity index (χ1) is 7.22. The molecular formula is C11H9BO3. The summed E-state index contributed by atoms with van der Waals surface area (Å²) in [6, 6.07) is 10.5. The largest absolute Gasteiger partial charge is 0.489 e. The van der Waals surface area contributed by atoms with E-state index in [1.54, 1.807) is 12.1 Å². The summed E-state index contributed by atoms with van der Waals surface area (Å²) in [5.74, 6) is 0. The first kappa shape index (κ1) is 9.89. The van der Waals surface area contributed by atoms with Crippen molar-refractivity contribution in [3.8, 4) is 0 Å². The van der Waals surface area contributed by atoms with Gasteiger partial charge in [0, 0.05) is 5.56 Å². The second kappa shape index (κ2) is 3.84. The predicted molar refractivity (Wildman–Crippen MR) is 59.2 cm³/mol. The van der Waals surface area contributed by atoms with Gasteiger partial charge in [-0.25, -0.2) is 0 Å². The molecule has 0 aliphatic rings. The Morgan fingerprint density at radius 2 is 1.87 bits per heavy atom. The van der Waals surface area contributed by atoms with Crippen LogP contribution in [0.4, 0.5) is 0 Å². The van der Waals surface area contributed by atoms with E-state index in [-0.39, 0.29) is 0 Å². The van der Waals surface area contributed by atoms with Crippen molar-refractivity contribution in [1.29, 1.82) is 0 Å². The van der Waals surface area contributed by atoms with E-state index >= 15 is 0 Å². The monoisotopic (exact) mass is 200 g/mol. The topological polar surface area (TPSA) is 57.5 Å². The van der Waals surface area contributed by atoms with Gasteiger partial charge in [0.05, 0.1) is 0 Å². The summed E-state index contributed by atoms with van der Waals surface area (Å²) in [6.07, 6.45) is 0.693. The first-order valence-corrected chi connectivity index (χ1v) is 4.56. The van der Waals surface area contributed by atoms with Gasteiger partial charge >= 0.3 is 7.12 Å². The second-order valence-corrected chi connectivity index (χ2v) is 3.32. The van der Waals surface area contributed by atoms with Crippen LogP contribution in [0.15, 0.2) is 36.4 Å². The molecule has 0 saturated carbocycles. The molecule has 2 aromatic carbocycles. The molecule has 4 heteroatoms. The van der Waals surface area contributed by atoms with Crippen molar-refractivity contribution >= 4 is 29.6 Å².